The molecule has 0 saturated carbocycles. The molecular weight excluding hydrogens is 408 g/mol. The molecule has 2 aromatic heterocycles. The van der Waals surface area contributed by atoms with Crippen LogP contribution in [0, 0.1) is 6.92 Å². The predicted octanol–water partition coefficient (Wildman–Crippen LogP) is 4.04. The van der Waals surface area contributed by atoms with Gasteiger partial charge in [-0.3, -0.25) is 0 Å². The number of rotatable bonds is 6. The molecule has 0 aliphatic rings. The van der Waals surface area contributed by atoms with Gasteiger partial charge < -0.3 is 4.57 Å². The van der Waals surface area contributed by atoms with Crippen molar-refractivity contribution in [1.29, 1.82) is 0 Å². The molecule has 0 aliphatic carbocycles. The van der Waals surface area contributed by atoms with Crippen LogP contribution < -0.4 is 4.72 Å². The minimum absolute atomic E-state index is 0.0639. The standard InChI is InChI=1S/C21H19ClN4O2S/c1-15-8-10-16(11-9-15)20-25-18-6-4-12-23-21(18)26(20)14-13-24-29(27,28)19-7-3-2-5-17(19)22/h2-12,24H,13-14H2,1H3. The van der Waals surface area contributed by atoms with Gasteiger partial charge in [-0.25, -0.2) is 23.1 Å². The number of hydrogen-bond acceptors (Lipinski definition) is 4. The monoisotopic (exact) mass is 426 g/mol. The highest BCUT2D eigenvalue weighted by atomic mass is 35.5. The van der Waals surface area contributed by atoms with E-state index in [1.54, 1.807) is 24.4 Å². The van der Waals surface area contributed by atoms with E-state index < -0.39 is 10.0 Å². The fourth-order valence-corrected chi connectivity index (χ4v) is 4.66. The predicted molar refractivity (Wildman–Crippen MR) is 114 cm³/mol. The maximum atomic E-state index is 12.6. The van der Waals surface area contributed by atoms with Gasteiger partial charge in [-0.05, 0) is 31.2 Å². The molecular formula is C21H19ClN4O2S. The van der Waals surface area contributed by atoms with Crippen LogP contribution >= 0.6 is 11.6 Å². The molecule has 6 nitrogen and oxygen atoms in total. The van der Waals surface area contributed by atoms with Gasteiger partial charge in [0.25, 0.3) is 0 Å². The van der Waals surface area contributed by atoms with Crippen molar-refractivity contribution in [2.24, 2.45) is 0 Å². The molecule has 148 valence electrons. The molecule has 0 aliphatic heterocycles. The first-order valence-corrected chi connectivity index (χ1v) is 10.9. The van der Waals surface area contributed by atoms with E-state index in [-0.39, 0.29) is 16.5 Å². The number of sulfonamides is 1. The van der Waals surface area contributed by atoms with Crippen molar-refractivity contribution in [3.8, 4) is 11.4 Å². The van der Waals surface area contributed by atoms with E-state index in [0.717, 1.165) is 22.5 Å². The van der Waals surface area contributed by atoms with Crippen LogP contribution in [0.5, 0.6) is 0 Å². The van der Waals surface area contributed by atoms with Crippen molar-refractivity contribution in [1.82, 2.24) is 19.3 Å². The van der Waals surface area contributed by atoms with E-state index in [9.17, 15) is 8.42 Å². The Morgan fingerprint density at radius 2 is 1.79 bits per heavy atom. The molecule has 8 heteroatoms. The second kappa shape index (κ2) is 7.94. The molecule has 0 bridgehead atoms. The van der Waals surface area contributed by atoms with Crippen LogP contribution in [0.15, 0.2) is 71.8 Å². The lowest BCUT2D eigenvalue weighted by atomic mass is 10.1. The SMILES string of the molecule is Cc1ccc(-c2nc3cccnc3n2CCNS(=O)(=O)c2ccccc2Cl)cc1. The summed E-state index contributed by atoms with van der Waals surface area (Å²) in [4.78, 5) is 9.20. The minimum Gasteiger partial charge on any atom is -0.307 e. The third-order valence-corrected chi connectivity index (χ3v) is 6.53. The summed E-state index contributed by atoms with van der Waals surface area (Å²) in [6, 6.07) is 18.1. The average molecular weight is 427 g/mol. The number of benzene rings is 2. The highest BCUT2D eigenvalue weighted by Crippen LogP contribution is 2.24. The average Bonchev–Trinajstić information content (AvgIpc) is 3.07. The third-order valence-electron chi connectivity index (χ3n) is 4.57. The van der Waals surface area contributed by atoms with Crippen molar-refractivity contribution in [2.45, 2.75) is 18.4 Å². The largest absolute Gasteiger partial charge is 0.307 e. The molecule has 0 fully saturated rings. The van der Waals surface area contributed by atoms with Crippen LogP contribution in [0.4, 0.5) is 0 Å². The van der Waals surface area contributed by atoms with Crippen molar-refractivity contribution >= 4 is 32.8 Å². The fraction of sp³-hybridized carbons (Fsp3) is 0.143. The Bertz CT molecular complexity index is 1270. The molecule has 2 heterocycles. The Labute approximate surface area is 174 Å². The molecule has 1 N–H and O–H groups in total. The summed E-state index contributed by atoms with van der Waals surface area (Å²) in [5.41, 5.74) is 3.57. The van der Waals surface area contributed by atoms with E-state index in [1.165, 1.54) is 6.07 Å². The number of aryl methyl sites for hydroxylation is 1. The zero-order chi connectivity index (χ0) is 20.4. The lowest BCUT2D eigenvalue weighted by Gasteiger charge is -2.11. The van der Waals surface area contributed by atoms with Gasteiger partial charge in [0.15, 0.2) is 5.65 Å². The Morgan fingerprint density at radius 3 is 2.55 bits per heavy atom. The summed E-state index contributed by atoms with van der Waals surface area (Å²) in [6.45, 7) is 2.58. The van der Waals surface area contributed by atoms with Gasteiger partial charge in [-0.15, -0.1) is 0 Å². The number of imidazole rings is 1. The normalized spacial score (nSPS) is 11.8. The zero-order valence-electron chi connectivity index (χ0n) is 15.7. The Morgan fingerprint density at radius 1 is 1.03 bits per heavy atom. The first kappa shape index (κ1) is 19.6. The number of fused-ring (bicyclic) bond motifs is 1. The molecule has 0 radical (unpaired) electrons. The van der Waals surface area contributed by atoms with Crippen LogP contribution in [0.1, 0.15) is 5.56 Å². The second-order valence-corrected chi connectivity index (χ2v) is 8.77. The Kier molecular flexibility index (Phi) is 5.36. The van der Waals surface area contributed by atoms with Gasteiger partial charge in [0.2, 0.25) is 10.0 Å². The van der Waals surface area contributed by atoms with Crippen molar-refractivity contribution in [2.75, 3.05) is 6.54 Å². The lowest BCUT2D eigenvalue weighted by molar-refractivity contribution is 0.574. The smallest absolute Gasteiger partial charge is 0.242 e. The molecule has 0 unspecified atom stereocenters. The van der Waals surface area contributed by atoms with Crippen LogP contribution in [0.2, 0.25) is 5.02 Å². The summed E-state index contributed by atoms with van der Waals surface area (Å²) in [5.74, 6) is 0.746. The summed E-state index contributed by atoms with van der Waals surface area (Å²) in [6.07, 6.45) is 1.70. The van der Waals surface area contributed by atoms with Crippen LogP contribution in [-0.4, -0.2) is 29.5 Å². The quantitative estimate of drug-likeness (QED) is 0.504. The minimum atomic E-state index is -3.72. The van der Waals surface area contributed by atoms with Gasteiger partial charge >= 0.3 is 0 Å². The maximum Gasteiger partial charge on any atom is 0.242 e. The zero-order valence-corrected chi connectivity index (χ0v) is 17.3. The molecule has 4 rings (SSSR count). The maximum absolute atomic E-state index is 12.6. The lowest BCUT2D eigenvalue weighted by Crippen LogP contribution is -2.28. The van der Waals surface area contributed by atoms with Crippen LogP contribution in [-0.2, 0) is 16.6 Å². The number of pyridine rings is 1. The van der Waals surface area contributed by atoms with E-state index in [0.29, 0.717) is 12.2 Å². The van der Waals surface area contributed by atoms with Gasteiger partial charge in [0.1, 0.15) is 16.2 Å². The Balaban J connectivity index is 1.63. The number of nitrogens with one attached hydrogen (secondary N) is 1. The molecule has 29 heavy (non-hydrogen) atoms. The molecule has 2 aromatic carbocycles. The summed E-state index contributed by atoms with van der Waals surface area (Å²) >= 11 is 6.04. The highest BCUT2D eigenvalue weighted by Gasteiger charge is 2.18. The Hall–Kier alpha value is -2.74. The van der Waals surface area contributed by atoms with Gasteiger partial charge in [0, 0.05) is 24.8 Å². The second-order valence-electron chi connectivity index (χ2n) is 6.63. The number of aromatic nitrogens is 3. The number of nitrogens with zero attached hydrogens (tertiary/aromatic N) is 3. The van der Waals surface area contributed by atoms with Crippen molar-refractivity contribution in [3.05, 3.63) is 77.4 Å². The number of halogens is 1. The van der Waals surface area contributed by atoms with Crippen LogP contribution in [0.3, 0.4) is 0 Å². The first-order chi connectivity index (χ1) is 14.0. The van der Waals surface area contributed by atoms with Crippen molar-refractivity contribution < 1.29 is 8.42 Å². The van der Waals surface area contributed by atoms with Gasteiger partial charge in [0.05, 0.1) is 5.02 Å². The van der Waals surface area contributed by atoms with E-state index in [4.69, 9.17) is 16.6 Å². The third kappa shape index (κ3) is 4.03. The van der Waals surface area contributed by atoms with E-state index >= 15 is 0 Å². The molecule has 0 spiro atoms. The van der Waals surface area contributed by atoms with Gasteiger partial charge in [-0.2, -0.15) is 0 Å². The molecule has 0 saturated heterocycles. The van der Waals surface area contributed by atoms with Crippen LogP contribution in [0.25, 0.3) is 22.6 Å². The first-order valence-electron chi connectivity index (χ1n) is 9.08. The van der Waals surface area contributed by atoms with Gasteiger partial charge in [-0.1, -0.05) is 53.6 Å². The molecule has 0 amide bonds. The topological polar surface area (TPSA) is 76.9 Å². The van der Waals surface area contributed by atoms with E-state index in [2.05, 4.69) is 9.71 Å². The molecule has 4 aromatic rings. The fourth-order valence-electron chi connectivity index (χ4n) is 3.13. The summed E-state index contributed by atoms with van der Waals surface area (Å²) < 4.78 is 29.7. The summed E-state index contributed by atoms with van der Waals surface area (Å²) in [7, 11) is -3.72. The number of hydrogen-bond donors (Lipinski definition) is 1. The highest BCUT2D eigenvalue weighted by molar-refractivity contribution is 7.89. The molecule has 0 atom stereocenters. The van der Waals surface area contributed by atoms with E-state index in [1.807, 2.05) is 47.9 Å². The summed E-state index contributed by atoms with van der Waals surface area (Å²) in [5, 5.41) is 0.190. The van der Waals surface area contributed by atoms with Crippen molar-refractivity contribution in [3.63, 3.8) is 0 Å².